The van der Waals surface area contributed by atoms with Crippen LogP contribution in [0, 0.1) is 0 Å². The number of ether oxygens (including phenoxy) is 1. The third-order valence-corrected chi connectivity index (χ3v) is 2.28. The van der Waals surface area contributed by atoms with Crippen molar-refractivity contribution >= 4 is 5.91 Å². The van der Waals surface area contributed by atoms with Crippen LogP contribution in [0.2, 0.25) is 0 Å². The number of carbonyl (C=O) groups is 1. The van der Waals surface area contributed by atoms with Gasteiger partial charge in [0.15, 0.2) is 0 Å². The third kappa shape index (κ3) is 2.97. The van der Waals surface area contributed by atoms with Crippen molar-refractivity contribution in [2.24, 2.45) is 0 Å². The van der Waals surface area contributed by atoms with Crippen molar-refractivity contribution in [1.29, 1.82) is 0 Å². The Morgan fingerprint density at radius 1 is 1.62 bits per heavy atom. The number of carbonyl (C=O) groups excluding carboxylic acids is 1. The fourth-order valence-electron chi connectivity index (χ4n) is 1.55. The molecule has 76 valence electrons. The maximum Gasteiger partial charge on any atom is 0.220 e. The number of hydrogen-bond donors (Lipinski definition) is 2. The first-order chi connectivity index (χ1) is 6.27. The lowest BCUT2D eigenvalue weighted by Gasteiger charge is -2.18. The molecule has 1 amide bonds. The highest BCUT2D eigenvalue weighted by Gasteiger charge is 2.27. The predicted molar refractivity (Wildman–Crippen MR) is 50.5 cm³/mol. The summed E-state index contributed by atoms with van der Waals surface area (Å²) in [4.78, 5) is 11.3. The normalized spacial score (nSPS) is 27.5. The number of nitrogens with one attached hydrogen (secondary N) is 2. The molecule has 0 aromatic heterocycles. The van der Waals surface area contributed by atoms with Gasteiger partial charge in [0.25, 0.3) is 0 Å². The summed E-state index contributed by atoms with van der Waals surface area (Å²) in [5.41, 5.74) is 0. The van der Waals surface area contributed by atoms with Gasteiger partial charge in [-0.3, -0.25) is 4.79 Å². The summed E-state index contributed by atoms with van der Waals surface area (Å²) in [5, 5.41) is 6.14. The van der Waals surface area contributed by atoms with Gasteiger partial charge in [-0.25, -0.2) is 0 Å². The first-order valence-corrected chi connectivity index (χ1v) is 4.80. The molecule has 4 heteroatoms. The fourth-order valence-corrected chi connectivity index (χ4v) is 1.55. The van der Waals surface area contributed by atoms with Crippen molar-refractivity contribution in [3.63, 3.8) is 0 Å². The minimum atomic E-state index is 0.123. The third-order valence-electron chi connectivity index (χ3n) is 2.28. The van der Waals surface area contributed by atoms with Crippen LogP contribution >= 0.6 is 0 Å². The lowest BCUT2D eigenvalue weighted by Crippen LogP contribution is -2.43. The summed E-state index contributed by atoms with van der Waals surface area (Å²) in [6.07, 6.45) is 1.62. The number of rotatable bonds is 4. The highest BCUT2D eigenvalue weighted by atomic mass is 16.5. The van der Waals surface area contributed by atoms with Gasteiger partial charge in [-0.2, -0.15) is 0 Å². The molecule has 13 heavy (non-hydrogen) atoms. The van der Waals surface area contributed by atoms with E-state index in [2.05, 4.69) is 10.6 Å². The van der Waals surface area contributed by atoms with Gasteiger partial charge in [-0.05, 0) is 6.42 Å². The van der Waals surface area contributed by atoms with Gasteiger partial charge in [0, 0.05) is 26.6 Å². The number of hydrogen-bond acceptors (Lipinski definition) is 3. The molecule has 0 aromatic rings. The zero-order valence-electron chi connectivity index (χ0n) is 8.30. The van der Waals surface area contributed by atoms with Crippen molar-refractivity contribution in [2.45, 2.75) is 31.9 Å². The minimum Gasteiger partial charge on any atom is -0.378 e. The van der Waals surface area contributed by atoms with E-state index in [0.717, 1.165) is 19.5 Å². The SMILES string of the molecule is CCCC(=O)NC1CNC[C@@H]1OC. The minimum absolute atomic E-state index is 0.123. The Hall–Kier alpha value is -0.610. The van der Waals surface area contributed by atoms with Crippen LogP contribution in [0.25, 0.3) is 0 Å². The summed E-state index contributed by atoms with van der Waals surface area (Å²) in [6, 6.07) is 0.143. The highest BCUT2D eigenvalue weighted by molar-refractivity contribution is 5.76. The van der Waals surface area contributed by atoms with E-state index in [-0.39, 0.29) is 18.1 Å². The van der Waals surface area contributed by atoms with E-state index < -0.39 is 0 Å². The van der Waals surface area contributed by atoms with Crippen molar-refractivity contribution in [3.8, 4) is 0 Å². The smallest absolute Gasteiger partial charge is 0.220 e. The van der Waals surface area contributed by atoms with Crippen LogP contribution in [0.15, 0.2) is 0 Å². The Morgan fingerprint density at radius 2 is 2.38 bits per heavy atom. The molecule has 0 bridgehead atoms. The van der Waals surface area contributed by atoms with Gasteiger partial charge in [0.1, 0.15) is 0 Å². The van der Waals surface area contributed by atoms with E-state index in [1.54, 1.807) is 7.11 Å². The molecule has 1 aliphatic heterocycles. The average molecular weight is 186 g/mol. The van der Waals surface area contributed by atoms with Gasteiger partial charge in [0.2, 0.25) is 5.91 Å². The summed E-state index contributed by atoms with van der Waals surface area (Å²) < 4.78 is 5.23. The molecule has 1 saturated heterocycles. The van der Waals surface area contributed by atoms with Crippen LogP contribution < -0.4 is 10.6 Å². The van der Waals surface area contributed by atoms with Crippen LogP contribution in [-0.2, 0) is 9.53 Å². The molecular weight excluding hydrogens is 168 g/mol. The predicted octanol–water partition coefficient (Wildman–Crippen LogP) is -0.110. The summed E-state index contributed by atoms with van der Waals surface area (Å²) in [5.74, 6) is 0.123. The lowest BCUT2D eigenvalue weighted by molar-refractivity contribution is -0.122. The lowest BCUT2D eigenvalue weighted by atomic mass is 10.2. The second-order valence-corrected chi connectivity index (χ2v) is 3.36. The maximum atomic E-state index is 11.3. The molecule has 1 rings (SSSR count). The first-order valence-electron chi connectivity index (χ1n) is 4.80. The van der Waals surface area contributed by atoms with Crippen molar-refractivity contribution < 1.29 is 9.53 Å². The fraction of sp³-hybridized carbons (Fsp3) is 0.889. The quantitative estimate of drug-likeness (QED) is 0.644. The van der Waals surface area contributed by atoms with E-state index in [9.17, 15) is 4.79 Å². The van der Waals surface area contributed by atoms with Gasteiger partial charge in [-0.1, -0.05) is 6.92 Å². The number of amides is 1. The molecule has 0 aromatic carbocycles. The largest absolute Gasteiger partial charge is 0.378 e. The standard InChI is InChI=1S/C9H18N2O2/c1-3-4-9(12)11-7-5-10-6-8(7)13-2/h7-8,10H,3-6H2,1-2H3,(H,11,12)/t7?,8-/m0/s1. The molecule has 1 heterocycles. The number of methoxy groups -OCH3 is 1. The molecular formula is C9H18N2O2. The van der Waals surface area contributed by atoms with Gasteiger partial charge in [-0.15, -0.1) is 0 Å². The second-order valence-electron chi connectivity index (χ2n) is 3.36. The molecule has 0 saturated carbocycles. The van der Waals surface area contributed by atoms with Crippen LogP contribution in [0.5, 0.6) is 0 Å². The molecule has 0 aliphatic carbocycles. The first kappa shape index (κ1) is 10.5. The topological polar surface area (TPSA) is 50.4 Å². The molecule has 2 atom stereocenters. The molecule has 1 unspecified atom stereocenters. The average Bonchev–Trinajstić information content (AvgIpc) is 2.52. The van der Waals surface area contributed by atoms with Crippen LogP contribution in [0.4, 0.5) is 0 Å². The van der Waals surface area contributed by atoms with E-state index >= 15 is 0 Å². The Kier molecular flexibility index (Phi) is 4.18. The van der Waals surface area contributed by atoms with Crippen LogP contribution in [-0.4, -0.2) is 38.3 Å². The Balaban J connectivity index is 2.30. The van der Waals surface area contributed by atoms with E-state index in [0.29, 0.717) is 6.42 Å². The summed E-state index contributed by atoms with van der Waals surface area (Å²) >= 11 is 0. The highest BCUT2D eigenvalue weighted by Crippen LogP contribution is 2.03. The second kappa shape index (κ2) is 5.19. The Bertz CT molecular complexity index is 173. The summed E-state index contributed by atoms with van der Waals surface area (Å²) in [6.45, 7) is 3.64. The zero-order valence-corrected chi connectivity index (χ0v) is 8.30. The van der Waals surface area contributed by atoms with Gasteiger partial charge in [0.05, 0.1) is 12.1 Å². The van der Waals surface area contributed by atoms with E-state index in [1.165, 1.54) is 0 Å². The van der Waals surface area contributed by atoms with Crippen molar-refractivity contribution in [2.75, 3.05) is 20.2 Å². The molecule has 0 spiro atoms. The molecule has 0 radical (unpaired) electrons. The van der Waals surface area contributed by atoms with E-state index in [1.807, 2.05) is 6.92 Å². The van der Waals surface area contributed by atoms with Crippen LogP contribution in [0.3, 0.4) is 0 Å². The Morgan fingerprint density at radius 3 is 3.00 bits per heavy atom. The maximum absolute atomic E-state index is 11.3. The van der Waals surface area contributed by atoms with Crippen molar-refractivity contribution in [3.05, 3.63) is 0 Å². The molecule has 4 nitrogen and oxygen atoms in total. The zero-order chi connectivity index (χ0) is 9.68. The molecule has 1 aliphatic rings. The summed E-state index contributed by atoms with van der Waals surface area (Å²) in [7, 11) is 1.68. The van der Waals surface area contributed by atoms with Crippen LogP contribution in [0.1, 0.15) is 19.8 Å². The Labute approximate surface area is 79.0 Å². The van der Waals surface area contributed by atoms with Crippen molar-refractivity contribution in [1.82, 2.24) is 10.6 Å². The van der Waals surface area contributed by atoms with Gasteiger partial charge < -0.3 is 15.4 Å². The van der Waals surface area contributed by atoms with Gasteiger partial charge >= 0.3 is 0 Å². The molecule has 2 N–H and O–H groups in total. The van der Waals surface area contributed by atoms with E-state index in [4.69, 9.17) is 4.74 Å². The molecule has 1 fully saturated rings. The monoisotopic (exact) mass is 186 g/mol.